The van der Waals surface area contributed by atoms with E-state index in [4.69, 9.17) is 0 Å². The van der Waals surface area contributed by atoms with Gasteiger partial charge in [0.2, 0.25) is 5.91 Å². The van der Waals surface area contributed by atoms with E-state index in [0.717, 1.165) is 6.54 Å². The maximum atomic E-state index is 12.4. The third kappa shape index (κ3) is 3.44. The highest BCUT2D eigenvalue weighted by molar-refractivity contribution is 5.76. The number of carbonyl (C=O) groups is 1. The molecular formula is C14H24N6O2. The second-order valence-electron chi connectivity index (χ2n) is 6.31. The highest BCUT2D eigenvalue weighted by Gasteiger charge is 2.29. The van der Waals surface area contributed by atoms with E-state index in [1.807, 2.05) is 0 Å². The van der Waals surface area contributed by atoms with E-state index in [2.05, 4.69) is 20.4 Å². The van der Waals surface area contributed by atoms with Crippen LogP contribution in [0.1, 0.15) is 31.5 Å². The number of hydrogen-bond acceptors (Lipinski definition) is 6. The smallest absolute Gasteiger partial charge is 0.244 e. The van der Waals surface area contributed by atoms with Crippen LogP contribution in [-0.4, -0.2) is 79.3 Å². The Hall–Kier alpha value is -1.54. The van der Waals surface area contributed by atoms with Crippen LogP contribution >= 0.6 is 0 Å². The van der Waals surface area contributed by atoms with Gasteiger partial charge >= 0.3 is 0 Å². The van der Waals surface area contributed by atoms with Crippen molar-refractivity contribution in [2.75, 3.05) is 26.2 Å². The van der Waals surface area contributed by atoms with E-state index in [1.165, 1.54) is 30.4 Å². The summed E-state index contributed by atoms with van der Waals surface area (Å²) in [6.45, 7) is 4.46. The molecule has 1 aliphatic heterocycles. The molecule has 2 aliphatic rings. The molecule has 1 aromatic rings. The number of aromatic nitrogens is 4. The van der Waals surface area contributed by atoms with Crippen LogP contribution in [0.5, 0.6) is 0 Å². The molecule has 1 saturated heterocycles. The first-order valence-corrected chi connectivity index (χ1v) is 8.06. The fourth-order valence-corrected chi connectivity index (χ4v) is 3.47. The van der Waals surface area contributed by atoms with Gasteiger partial charge in [-0.15, -0.1) is 5.10 Å². The Bertz CT molecular complexity index is 513. The lowest BCUT2D eigenvalue weighted by Gasteiger charge is -2.27. The lowest BCUT2D eigenvalue weighted by molar-refractivity contribution is -0.133. The van der Waals surface area contributed by atoms with Gasteiger partial charge in [-0.25, -0.2) is 4.68 Å². The lowest BCUT2D eigenvalue weighted by atomic mass is 10.2. The molecule has 1 aromatic heterocycles. The first kappa shape index (κ1) is 15.4. The van der Waals surface area contributed by atoms with Crippen LogP contribution in [0.4, 0.5) is 0 Å². The topological polar surface area (TPSA) is 87.4 Å². The Kier molecular flexibility index (Phi) is 4.68. The molecule has 0 bridgehead atoms. The maximum Gasteiger partial charge on any atom is 0.244 e. The van der Waals surface area contributed by atoms with Crippen LogP contribution in [-0.2, 0) is 11.3 Å². The predicted octanol–water partition coefficient (Wildman–Crippen LogP) is -0.571. The van der Waals surface area contributed by atoms with Crippen molar-refractivity contribution in [3.05, 3.63) is 5.82 Å². The fraction of sp³-hybridized carbons (Fsp3) is 0.857. The molecule has 1 saturated carbocycles. The van der Waals surface area contributed by atoms with Gasteiger partial charge in [0.05, 0.1) is 6.10 Å². The number of carbonyl (C=O) groups excluding carboxylic acids is 1. The minimum atomic E-state index is -0.484. The van der Waals surface area contributed by atoms with Gasteiger partial charge in [0.1, 0.15) is 12.4 Å². The van der Waals surface area contributed by atoms with Crippen LogP contribution in [0.15, 0.2) is 0 Å². The van der Waals surface area contributed by atoms with Crippen molar-refractivity contribution in [1.29, 1.82) is 0 Å². The number of rotatable bonds is 3. The van der Waals surface area contributed by atoms with Gasteiger partial charge in [0, 0.05) is 32.2 Å². The maximum absolute atomic E-state index is 12.4. The molecule has 2 heterocycles. The van der Waals surface area contributed by atoms with E-state index in [0.29, 0.717) is 31.5 Å². The average molecular weight is 308 g/mol. The third-order valence-electron chi connectivity index (χ3n) is 4.72. The lowest BCUT2D eigenvalue weighted by Crippen LogP contribution is -2.39. The van der Waals surface area contributed by atoms with E-state index in [9.17, 15) is 9.90 Å². The summed E-state index contributed by atoms with van der Waals surface area (Å²) in [7, 11) is 0. The van der Waals surface area contributed by atoms with Crippen molar-refractivity contribution in [1.82, 2.24) is 30.0 Å². The first-order valence-electron chi connectivity index (χ1n) is 8.06. The molecule has 1 atom stereocenters. The molecule has 8 nitrogen and oxygen atoms in total. The molecular weight excluding hydrogens is 284 g/mol. The zero-order valence-corrected chi connectivity index (χ0v) is 13.1. The fourth-order valence-electron chi connectivity index (χ4n) is 3.47. The minimum absolute atomic E-state index is 0.0391. The SMILES string of the molecule is Cc1nnnn1CC(=O)N1CCN(C2CCCC2)C[C@H](O)C1. The number of nitrogens with zero attached hydrogens (tertiary/aromatic N) is 6. The van der Waals surface area contributed by atoms with Crippen LogP contribution < -0.4 is 0 Å². The van der Waals surface area contributed by atoms with Gasteiger partial charge in [-0.1, -0.05) is 12.8 Å². The number of aliphatic hydroxyl groups is 1. The van der Waals surface area contributed by atoms with Gasteiger partial charge in [0.15, 0.2) is 0 Å². The molecule has 122 valence electrons. The Morgan fingerprint density at radius 2 is 2.05 bits per heavy atom. The van der Waals surface area contributed by atoms with Gasteiger partial charge in [-0.2, -0.15) is 0 Å². The number of tetrazole rings is 1. The number of aliphatic hydroxyl groups excluding tert-OH is 1. The molecule has 2 fully saturated rings. The normalized spacial score (nSPS) is 24.6. The van der Waals surface area contributed by atoms with Gasteiger partial charge in [0.25, 0.3) is 0 Å². The van der Waals surface area contributed by atoms with Gasteiger partial charge in [-0.05, 0) is 30.2 Å². The summed E-state index contributed by atoms with van der Waals surface area (Å²) in [4.78, 5) is 16.5. The monoisotopic (exact) mass is 308 g/mol. The standard InChI is InChI=1S/C14H24N6O2/c1-11-15-16-17-20(11)10-14(22)19-7-6-18(8-13(21)9-19)12-4-2-3-5-12/h12-13,21H,2-10H2,1H3/t13-/m0/s1. The van der Waals surface area contributed by atoms with Crippen molar-refractivity contribution in [2.24, 2.45) is 0 Å². The van der Waals surface area contributed by atoms with E-state index in [1.54, 1.807) is 11.8 Å². The Labute approximate surface area is 130 Å². The molecule has 0 spiro atoms. The number of amides is 1. The molecule has 0 radical (unpaired) electrons. The van der Waals surface area contributed by atoms with Crippen molar-refractivity contribution in [2.45, 2.75) is 51.3 Å². The summed E-state index contributed by atoms with van der Waals surface area (Å²) < 4.78 is 1.49. The predicted molar refractivity (Wildman–Crippen MR) is 79.0 cm³/mol. The largest absolute Gasteiger partial charge is 0.390 e. The molecule has 0 unspecified atom stereocenters. The Balaban J connectivity index is 1.60. The minimum Gasteiger partial charge on any atom is -0.390 e. The zero-order chi connectivity index (χ0) is 15.5. The molecule has 1 aliphatic carbocycles. The molecule has 3 rings (SSSR count). The third-order valence-corrected chi connectivity index (χ3v) is 4.72. The quantitative estimate of drug-likeness (QED) is 0.804. The second kappa shape index (κ2) is 6.70. The van der Waals surface area contributed by atoms with Crippen molar-refractivity contribution in [3.63, 3.8) is 0 Å². The van der Waals surface area contributed by atoms with Crippen LogP contribution in [0.3, 0.4) is 0 Å². The van der Waals surface area contributed by atoms with E-state index < -0.39 is 6.10 Å². The molecule has 0 aromatic carbocycles. The molecule has 1 N–H and O–H groups in total. The average Bonchev–Trinajstić information content (AvgIpc) is 3.10. The summed E-state index contributed by atoms with van der Waals surface area (Å²) in [6.07, 6.45) is 4.49. The van der Waals surface area contributed by atoms with Crippen molar-refractivity contribution >= 4 is 5.91 Å². The van der Waals surface area contributed by atoms with E-state index in [-0.39, 0.29) is 12.5 Å². The number of β-amino-alcohol motifs (C(OH)–C–C–N with tert-alkyl or cyclic N) is 1. The molecule has 8 heteroatoms. The highest BCUT2D eigenvalue weighted by Crippen LogP contribution is 2.24. The Morgan fingerprint density at radius 1 is 1.27 bits per heavy atom. The van der Waals surface area contributed by atoms with Crippen molar-refractivity contribution < 1.29 is 9.90 Å². The Morgan fingerprint density at radius 3 is 2.73 bits per heavy atom. The second-order valence-corrected chi connectivity index (χ2v) is 6.31. The summed E-state index contributed by atoms with van der Waals surface area (Å²) in [6, 6.07) is 0.575. The van der Waals surface area contributed by atoms with Crippen LogP contribution in [0.25, 0.3) is 0 Å². The molecule has 1 amide bonds. The molecule has 22 heavy (non-hydrogen) atoms. The summed E-state index contributed by atoms with van der Waals surface area (Å²) in [5.41, 5.74) is 0. The van der Waals surface area contributed by atoms with Crippen molar-refractivity contribution in [3.8, 4) is 0 Å². The first-order chi connectivity index (χ1) is 10.6. The summed E-state index contributed by atoms with van der Waals surface area (Å²) in [5, 5.41) is 21.4. The van der Waals surface area contributed by atoms with Crippen LogP contribution in [0, 0.1) is 6.92 Å². The van der Waals surface area contributed by atoms with E-state index >= 15 is 0 Å². The van der Waals surface area contributed by atoms with Crippen LogP contribution in [0.2, 0.25) is 0 Å². The summed E-state index contributed by atoms with van der Waals surface area (Å²) in [5.74, 6) is 0.582. The highest BCUT2D eigenvalue weighted by atomic mass is 16.3. The number of hydrogen-bond donors (Lipinski definition) is 1. The summed E-state index contributed by atoms with van der Waals surface area (Å²) >= 11 is 0. The zero-order valence-electron chi connectivity index (χ0n) is 13.1. The van der Waals surface area contributed by atoms with Gasteiger partial charge < -0.3 is 10.0 Å². The van der Waals surface area contributed by atoms with Gasteiger partial charge in [-0.3, -0.25) is 9.69 Å². The number of aryl methyl sites for hydroxylation is 1.